The van der Waals surface area contributed by atoms with Crippen molar-refractivity contribution in [3.05, 3.63) is 57.6 Å². The first-order valence-corrected chi connectivity index (χ1v) is 6.46. The highest BCUT2D eigenvalue weighted by Crippen LogP contribution is 2.24. The number of amides is 1. The van der Waals surface area contributed by atoms with E-state index < -0.39 is 0 Å². The zero-order chi connectivity index (χ0) is 14.0. The molecule has 0 fully saturated rings. The van der Waals surface area contributed by atoms with Crippen LogP contribution in [-0.4, -0.2) is 10.9 Å². The maximum Gasteiger partial charge on any atom is 0.257 e. The molecule has 98 valence electrons. The molecule has 0 aliphatic heterocycles. The van der Waals surface area contributed by atoms with Crippen molar-refractivity contribution in [3.8, 4) is 0 Å². The molecular formula is C14H12BrFN2O. The fourth-order valence-corrected chi connectivity index (χ4v) is 1.92. The van der Waals surface area contributed by atoms with Crippen molar-refractivity contribution in [2.45, 2.75) is 13.8 Å². The molecule has 0 saturated heterocycles. The van der Waals surface area contributed by atoms with E-state index in [4.69, 9.17) is 0 Å². The van der Waals surface area contributed by atoms with Gasteiger partial charge in [-0.15, -0.1) is 0 Å². The number of nitrogens with one attached hydrogen (secondary N) is 1. The van der Waals surface area contributed by atoms with Crippen LogP contribution >= 0.6 is 15.9 Å². The van der Waals surface area contributed by atoms with Crippen LogP contribution in [-0.2, 0) is 0 Å². The minimum Gasteiger partial charge on any atom is -0.322 e. The van der Waals surface area contributed by atoms with Gasteiger partial charge in [0.2, 0.25) is 0 Å². The average Bonchev–Trinajstić information content (AvgIpc) is 2.36. The molecule has 1 aromatic heterocycles. The van der Waals surface area contributed by atoms with Crippen LogP contribution < -0.4 is 5.32 Å². The number of pyridine rings is 1. The largest absolute Gasteiger partial charge is 0.322 e. The van der Waals surface area contributed by atoms with Gasteiger partial charge in [-0.05, 0) is 59.6 Å². The number of benzene rings is 1. The lowest BCUT2D eigenvalue weighted by Crippen LogP contribution is -2.13. The van der Waals surface area contributed by atoms with Gasteiger partial charge in [-0.1, -0.05) is 0 Å². The average molecular weight is 323 g/mol. The van der Waals surface area contributed by atoms with Gasteiger partial charge in [0.15, 0.2) is 0 Å². The summed E-state index contributed by atoms with van der Waals surface area (Å²) < 4.78 is 13.6. The molecule has 0 aliphatic carbocycles. The fraction of sp³-hybridized carbons (Fsp3) is 0.143. The smallest absolute Gasteiger partial charge is 0.257 e. The fourth-order valence-electron chi connectivity index (χ4n) is 1.58. The Labute approximate surface area is 119 Å². The summed E-state index contributed by atoms with van der Waals surface area (Å²) in [5.41, 5.74) is 2.54. The molecule has 0 bridgehead atoms. The Morgan fingerprint density at radius 3 is 2.68 bits per heavy atom. The van der Waals surface area contributed by atoms with Crippen molar-refractivity contribution < 1.29 is 9.18 Å². The lowest BCUT2D eigenvalue weighted by atomic mass is 10.2. The van der Waals surface area contributed by atoms with Gasteiger partial charge < -0.3 is 5.32 Å². The van der Waals surface area contributed by atoms with Crippen molar-refractivity contribution in [2.75, 3.05) is 5.32 Å². The minimum absolute atomic E-state index is 0.269. The maximum atomic E-state index is 13.3. The molecule has 1 amide bonds. The summed E-state index contributed by atoms with van der Waals surface area (Å²) >= 11 is 3.10. The van der Waals surface area contributed by atoms with E-state index in [2.05, 4.69) is 26.2 Å². The number of hydrogen-bond donors (Lipinski definition) is 1. The van der Waals surface area contributed by atoms with Crippen LogP contribution in [0.3, 0.4) is 0 Å². The molecule has 3 nitrogen and oxygen atoms in total. The number of anilines is 1. The van der Waals surface area contributed by atoms with Crippen LogP contribution in [0.1, 0.15) is 21.6 Å². The first kappa shape index (κ1) is 13.7. The Bertz CT molecular complexity index is 626. The standard InChI is InChI=1S/C14H12BrFN2O/c1-8-5-12(16)11(15)6-13(8)18-14(19)10-4-3-9(2)17-7-10/h3-7H,1-2H3,(H,18,19). The van der Waals surface area contributed by atoms with Crippen LogP contribution in [0, 0.1) is 19.7 Å². The van der Waals surface area contributed by atoms with Gasteiger partial charge in [-0.25, -0.2) is 4.39 Å². The highest BCUT2D eigenvalue weighted by Gasteiger charge is 2.10. The SMILES string of the molecule is Cc1ccc(C(=O)Nc2cc(Br)c(F)cc2C)cn1. The molecule has 1 N–H and O–H groups in total. The lowest BCUT2D eigenvalue weighted by Gasteiger charge is -2.09. The summed E-state index contributed by atoms with van der Waals surface area (Å²) in [6.07, 6.45) is 1.51. The minimum atomic E-state index is -0.354. The molecule has 1 aromatic carbocycles. The van der Waals surface area contributed by atoms with Crippen molar-refractivity contribution in [1.29, 1.82) is 0 Å². The number of rotatable bonds is 2. The Morgan fingerprint density at radius 2 is 2.05 bits per heavy atom. The van der Waals surface area contributed by atoms with E-state index in [-0.39, 0.29) is 11.7 Å². The van der Waals surface area contributed by atoms with Gasteiger partial charge in [-0.2, -0.15) is 0 Å². The number of hydrogen-bond acceptors (Lipinski definition) is 2. The summed E-state index contributed by atoms with van der Waals surface area (Å²) in [7, 11) is 0. The maximum absolute atomic E-state index is 13.3. The molecule has 2 rings (SSSR count). The van der Waals surface area contributed by atoms with Crippen LogP contribution in [0.25, 0.3) is 0 Å². The van der Waals surface area contributed by atoms with E-state index in [1.807, 2.05) is 6.92 Å². The number of nitrogens with zero attached hydrogens (tertiary/aromatic N) is 1. The second kappa shape index (κ2) is 5.48. The normalized spacial score (nSPS) is 10.3. The molecule has 0 radical (unpaired) electrons. The van der Waals surface area contributed by atoms with Crippen molar-refractivity contribution in [2.24, 2.45) is 0 Å². The zero-order valence-electron chi connectivity index (χ0n) is 10.5. The van der Waals surface area contributed by atoms with Crippen molar-refractivity contribution in [3.63, 3.8) is 0 Å². The topological polar surface area (TPSA) is 42.0 Å². The number of aryl methyl sites for hydroxylation is 2. The molecular weight excluding hydrogens is 311 g/mol. The quantitative estimate of drug-likeness (QED) is 0.912. The Kier molecular flexibility index (Phi) is 3.95. The molecule has 0 aliphatic rings. The Morgan fingerprint density at radius 1 is 1.32 bits per heavy atom. The molecule has 0 saturated carbocycles. The van der Waals surface area contributed by atoms with E-state index in [0.29, 0.717) is 21.3 Å². The third-order valence-electron chi connectivity index (χ3n) is 2.69. The first-order chi connectivity index (χ1) is 8.97. The van der Waals surface area contributed by atoms with E-state index >= 15 is 0 Å². The second-order valence-electron chi connectivity index (χ2n) is 4.22. The summed E-state index contributed by atoms with van der Waals surface area (Å²) in [5, 5.41) is 2.74. The van der Waals surface area contributed by atoms with E-state index in [1.165, 1.54) is 12.3 Å². The summed E-state index contributed by atoms with van der Waals surface area (Å²) in [6.45, 7) is 3.58. The van der Waals surface area contributed by atoms with Crippen LogP contribution in [0.5, 0.6) is 0 Å². The summed E-state index contributed by atoms with van der Waals surface area (Å²) in [4.78, 5) is 16.1. The second-order valence-corrected chi connectivity index (χ2v) is 5.08. The van der Waals surface area contributed by atoms with Gasteiger partial charge in [0.05, 0.1) is 10.0 Å². The van der Waals surface area contributed by atoms with Gasteiger partial charge in [0.1, 0.15) is 5.82 Å². The van der Waals surface area contributed by atoms with E-state index in [9.17, 15) is 9.18 Å². The molecule has 0 atom stereocenters. The summed E-state index contributed by atoms with van der Waals surface area (Å²) in [6, 6.07) is 6.38. The highest BCUT2D eigenvalue weighted by atomic mass is 79.9. The van der Waals surface area contributed by atoms with E-state index in [1.54, 1.807) is 25.1 Å². The predicted octanol–water partition coefficient (Wildman–Crippen LogP) is 3.85. The number of halogens is 2. The third kappa shape index (κ3) is 3.17. The van der Waals surface area contributed by atoms with Crippen LogP contribution in [0.2, 0.25) is 0 Å². The van der Waals surface area contributed by atoms with Crippen LogP contribution in [0.4, 0.5) is 10.1 Å². The van der Waals surface area contributed by atoms with Gasteiger partial charge >= 0.3 is 0 Å². The monoisotopic (exact) mass is 322 g/mol. The zero-order valence-corrected chi connectivity index (χ0v) is 12.1. The molecule has 5 heteroatoms. The van der Waals surface area contributed by atoms with Gasteiger partial charge in [0.25, 0.3) is 5.91 Å². The summed E-state index contributed by atoms with van der Waals surface area (Å²) in [5.74, 6) is -0.624. The van der Waals surface area contributed by atoms with Gasteiger partial charge in [-0.3, -0.25) is 9.78 Å². The lowest BCUT2D eigenvalue weighted by molar-refractivity contribution is 0.102. The van der Waals surface area contributed by atoms with Crippen molar-refractivity contribution in [1.82, 2.24) is 4.98 Å². The van der Waals surface area contributed by atoms with Gasteiger partial charge in [0, 0.05) is 17.6 Å². The molecule has 0 spiro atoms. The predicted molar refractivity (Wildman–Crippen MR) is 75.8 cm³/mol. The Balaban J connectivity index is 2.24. The Hall–Kier alpha value is -1.75. The molecule has 2 aromatic rings. The number of aromatic nitrogens is 1. The highest BCUT2D eigenvalue weighted by molar-refractivity contribution is 9.10. The molecule has 1 heterocycles. The molecule has 19 heavy (non-hydrogen) atoms. The van der Waals surface area contributed by atoms with Crippen LogP contribution in [0.15, 0.2) is 34.9 Å². The van der Waals surface area contributed by atoms with E-state index in [0.717, 1.165) is 5.69 Å². The molecule has 0 unspecified atom stereocenters. The third-order valence-corrected chi connectivity index (χ3v) is 3.30. The number of carbonyl (C=O) groups is 1. The number of carbonyl (C=O) groups excluding carboxylic acids is 1. The first-order valence-electron chi connectivity index (χ1n) is 5.67. The van der Waals surface area contributed by atoms with Crippen molar-refractivity contribution >= 4 is 27.5 Å².